The molecule has 1 saturated heterocycles. The first kappa shape index (κ1) is 26.7. The Morgan fingerprint density at radius 2 is 1.46 bits per heavy atom. The van der Waals surface area contributed by atoms with Crippen molar-refractivity contribution in [3.05, 3.63) is 75.9 Å². The van der Waals surface area contributed by atoms with Crippen molar-refractivity contribution in [3.8, 4) is 0 Å². The van der Waals surface area contributed by atoms with Crippen LogP contribution in [0, 0.1) is 6.92 Å². The first-order chi connectivity index (χ1) is 16.1. The minimum Gasteiger partial charge on any atom is -0.507 e. The summed E-state index contributed by atoms with van der Waals surface area (Å²) in [5.41, 5.74) is 4.51. The fourth-order valence-electron chi connectivity index (χ4n) is 4.42. The Morgan fingerprint density at radius 3 is 1.97 bits per heavy atom. The highest BCUT2D eigenvalue weighted by atomic mass is 16.3. The van der Waals surface area contributed by atoms with Crippen molar-refractivity contribution in [1.82, 2.24) is 9.80 Å². The molecular formula is C30H40N2O3. The first-order valence-electron chi connectivity index (χ1n) is 12.3. The molecule has 0 aromatic heterocycles. The summed E-state index contributed by atoms with van der Waals surface area (Å²) >= 11 is 0. The number of hydrogen-bond donors (Lipinski definition) is 1. The average Bonchev–Trinajstić information content (AvgIpc) is 3.01. The molecular weight excluding hydrogens is 436 g/mol. The molecule has 1 atom stereocenters. The van der Waals surface area contributed by atoms with Gasteiger partial charge in [-0.2, -0.15) is 0 Å². The van der Waals surface area contributed by atoms with Crippen molar-refractivity contribution in [3.63, 3.8) is 0 Å². The number of likely N-dealkylation sites (tertiary alicyclic amines) is 1. The van der Waals surface area contributed by atoms with E-state index < -0.39 is 17.7 Å². The highest BCUT2D eigenvalue weighted by molar-refractivity contribution is 6.46. The molecule has 188 valence electrons. The van der Waals surface area contributed by atoms with Crippen LogP contribution in [0.4, 0.5) is 0 Å². The predicted octanol–water partition coefficient (Wildman–Crippen LogP) is 5.57. The minimum atomic E-state index is -0.637. The number of aryl methyl sites for hydroxylation is 1. The van der Waals surface area contributed by atoms with Gasteiger partial charge in [0.2, 0.25) is 0 Å². The quantitative estimate of drug-likeness (QED) is 0.348. The number of aliphatic hydroxyl groups is 1. The second-order valence-electron chi connectivity index (χ2n) is 11.9. The van der Waals surface area contributed by atoms with Gasteiger partial charge in [0.05, 0.1) is 11.6 Å². The van der Waals surface area contributed by atoms with Crippen LogP contribution in [0.25, 0.3) is 5.76 Å². The third-order valence-electron chi connectivity index (χ3n) is 6.78. The van der Waals surface area contributed by atoms with Gasteiger partial charge < -0.3 is 14.9 Å². The van der Waals surface area contributed by atoms with Crippen molar-refractivity contribution in [2.75, 3.05) is 27.2 Å². The van der Waals surface area contributed by atoms with Gasteiger partial charge in [0.15, 0.2) is 0 Å². The van der Waals surface area contributed by atoms with E-state index in [1.54, 1.807) is 4.90 Å². The average molecular weight is 477 g/mol. The fourth-order valence-corrected chi connectivity index (χ4v) is 4.42. The Hall–Kier alpha value is -2.92. The van der Waals surface area contributed by atoms with Crippen molar-refractivity contribution < 1.29 is 14.7 Å². The lowest BCUT2D eigenvalue weighted by molar-refractivity contribution is -0.140. The molecule has 2 aromatic rings. The Bertz CT molecular complexity index is 1150. The zero-order chi connectivity index (χ0) is 26.3. The monoisotopic (exact) mass is 476 g/mol. The second kappa shape index (κ2) is 9.62. The topological polar surface area (TPSA) is 60.9 Å². The van der Waals surface area contributed by atoms with Gasteiger partial charge in [-0.3, -0.25) is 9.59 Å². The number of hydrogen-bond acceptors (Lipinski definition) is 4. The van der Waals surface area contributed by atoms with Crippen LogP contribution in [-0.2, 0) is 20.4 Å². The summed E-state index contributed by atoms with van der Waals surface area (Å²) in [4.78, 5) is 30.1. The molecule has 0 aliphatic carbocycles. The maximum Gasteiger partial charge on any atom is 0.295 e. The van der Waals surface area contributed by atoms with Crippen LogP contribution in [0.3, 0.4) is 0 Å². The summed E-state index contributed by atoms with van der Waals surface area (Å²) in [5, 5.41) is 11.6. The van der Waals surface area contributed by atoms with E-state index in [4.69, 9.17) is 0 Å². The standard InChI is InChI=1S/C30H40N2O3/c1-19-10-13-22(30(5,6)7)18-23(19)26(33)24-25(20-11-14-21(15-12-20)29(2,3)4)32(17-16-31(8)9)28(35)27(24)34/h10-15,18,25,33H,16-17H2,1-9H3/b26-24+. The molecule has 1 aliphatic rings. The number of amides is 1. The van der Waals surface area contributed by atoms with Crippen LogP contribution in [0.1, 0.15) is 75.4 Å². The predicted molar refractivity (Wildman–Crippen MR) is 143 cm³/mol. The smallest absolute Gasteiger partial charge is 0.295 e. The number of likely N-dealkylation sites (N-methyl/N-ethyl adjacent to an activating group) is 1. The van der Waals surface area contributed by atoms with E-state index in [1.807, 2.05) is 68.4 Å². The molecule has 1 unspecified atom stereocenters. The number of Topliss-reactive ketones (excluding diaryl/α,β-unsaturated/α-hetero) is 1. The first-order valence-corrected chi connectivity index (χ1v) is 12.3. The zero-order valence-corrected chi connectivity index (χ0v) is 22.7. The summed E-state index contributed by atoms with van der Waals surface area (Å²) in [6, 6.07) is 13.4. The molecule has 1 N–H and O–H groups in total. The molecule has 2 aromatic carbocycles. The highest BCUT2D eigenvalue weighted by Gasteiger charge is 2.46. The number of carbonyl (C=O) groups excluding carboxylic acids is 2. The normalized spacial score (nSPS) is 18.6. The van der Waals surface area contributed by atoms with Crippen LogP contribution >= 0.6 is 0 Å². The van der Waals surface area contributed by atoms with Gasteiger partial charge in [0.1, 0.15) is 5.76 Å². The molecule has 0 radical (unpaired) electrons. The van der Waals surface area contributed by atoms with Crippen LogP contribution < -0.4 is 0 Å². The molecule has 5 heteroatoms. The maximum atomic E-state index is 13.4. The summed E-state index contributed by atoms with van der Waals surface area (Å²) in [6.07, 6.45) is 0. The van der Waals surface area contributed by atoms with Crippen molar-refractivity contribution >= 4 is 17.4 Å². The van der Waals surface area contributed by atoms with Crippen molar-refractivity contribution in [1.29, 1.82) is 0 Å². The minimum absolute atomic E-state index is 0.0181. The van der Waals surface area contributed by atoms with Crippen LogP contribution in [0.15, 0.2) is 48.0 Å². The van der Waals surface area contributed by atoms with Gasteiger partial charge in [0, 0.05) is 18.7 Å². The van der Waals surface area contributed by atoms with Gasteiger partial charge in [-0.1, -0.05) is 77.9 Å². The van der Waals surface area contributed by atoms with E-state index in [-0.39, 0.29) is 22.2 Å². The van der Waals surface area contributed by atoms with Gasteiger partial charge in [-0.05, 0) is 60.2 Å². The van der Waals surface area contributed by atoms with Crippen molar-refractivity contribution in [2.24, 2.45) is 0 Å². The third kappa shape index (κ3) is 5.51. The molecule has 0 spiro atoms. The Kier molecular flexibility index (Phi) is 7.33. The van der Waals surface area contributed by atoms with Gasteiger partial charge >= 0.3 is 0 Å². The van der Waals surface area contributed by atoms with E-state index in [0.717, 1.165) is 16.7 Å². The molecule has 0 saturated carbocycles. The van der Waals surface area contributed by atoms with Crippen LogP contribution in [0.5, 0.6) is 0 Å². The summed E-state index contributed by atoms with van der Waals surface area (Å²) in [6.45, 7) is 15.7. The third-order valence-corrected chi connectivity index (χ3v) is 6.78. The maximum absolute atomic E-state index is 13.4. The van der Waals surface area contributed by atoms with E-state index in [1.165, 1.54) is 5.56 Å². The van der Waals surface area contributed by atoms with Gasteiger partial charge in [-0.15, -0.1) is 0 Å². The fraction of sp³-hybridized carbons (Fsp3) is 0.467. The van der Waals surface area contributed by atoms with E-state index in [2.05, 4.69) is 41.5 Å². The Balaban J connectivity index is 2.21. The molecule has 3 rings (SSSR count). The highest BCUT2D eigenvalue weighted by Crippen LogP contribution is 2.41. The number of benzene rings is 2. The number of aliphatic hydroxyl groups excluding tert-OH is 1. The van der Waals surface area contributed by atoms with Gasteiger partial charge in [0.25, 0.3) is 11.7 Å². The van der Waals surface area contributed by atoms with Crippen LogP contribution in [0.2, 0.25) is 0 Å². The number of carbonyl (C=O) groups is 2. The molecule has 0 bridgehead atoms. The zero-order valence-electron chi connectivity index (χ0n) is 22.7. The van der Waals surface area contributed by atoms with E-state index in [9.17, 15) is 14.7 Å². The SMILES string of the molecule is Cc1ccc(C(C)(C)C)cc1/C(O)=C1\C(=O)C(=O)N(CCN(C)C)C1c1ccc(C(C)(C)C)cc1. The lowest BCUT2D eigenvalue weighted by Crippen LogP contribution is -2.35. The lowest BCUT2D eigenvalue weighted by Gasteiger charge is -2.28. The summed E-state index contributed by atoms with van der Waals surface area (Å²) in [7, 11) is 3.87. The number of ketones is 1. The van der Waals surface area contributed by atoms with E-state index >= 15 is 0 Å². The largest absolute Gasteiger partial charge is 0.507 e. The van der Waals surface area contributed by atoms with Gasteiger partial charge in [-0.25, -0.2) is 0 Å². The Labute approximate surface area is 210 Å². The number of nitrogens with zero attached hydrogens (tertiary/aromatic N) is 2. The molecule has 1 heterocycles. The molecule has 1 amide bonds. The number of rotatable bonds is 5. The summed E-state index contributed by atoms with van der Waals surface area (Å²) < 4.78 is 0. The molecule has 5 nitrogen and oxygen atoms in total. The summed E-state index contributed by atoms with van der Waals surface area (Å²) in [5.74, 6) is -1.31. The van der Waals surface area contributed by atoms with E-state index in [0.29, 0.717) is 18.7 Å². The molecule has 1 aliphatic heterocycles. The second-order valence-corrected chi connectivity index (χ2v) is 11.9. The molecule has 1 fully saturated rings. The van der Waals surface area contributed by atoms with Crippen molar-refractivity contribution in [2.45, 2.75) is 65.3 Å². The van der Waals surface area contributed by atoms with Crippen LogP contribution in [-0.4, -0.2) is 53.8 Å². The lowest BCUT2D eigenvalue weighted by atomic mass is 9.84. The molecule has 35 heavy (non-hydrogen) atoms. The Morgan fingerprint density at radius 1 is 0.914 bits per heavy atom.